The summed E-state index contributed by atoms with van der Waals surface area (Å²) in [5.74, 6) is -3.75. The lowest BCUT2D eigenvalue weighted by atomic mass is 9.77. The minimum absolute atomic E-state index is 0.0761. The molecule has 4 heteroatoms. The molecular formula is C13H11O4-. The van der Waals surface area contributed by atoms with Gasteiger partial charge in [0.2, 0.25) is 0 Å². The maximum Gasteiger partial charge on any atom is 0.159 e. The summed E-state index contributed by atoms with van der Waals surface area (Å²) in [4.78, 5) is 22.4. The van der Waals surface area contributed by atoms with Crippen molar-refractivity contribution in [3.63, 3.8) is 0 Å². The number of aliphatic hydroxyl groups excluding tert-OH is 1. The molecule has 0 amide bonds. The average molecular weight is 231 g/mol. The third kappa shape index (κ3) is 2.20. The van der Waals surface area contributed by atoms with Gasteiger partial charge in [-0.2, -0.15) is 0 Å². The Balaban J connectivity index is 2.42. The van der Waals surface area contributed by atoms with Crippen LogP contribution in [0.3, 0.4) is 0 Å². The minimum atomic E-state index is -1.36. The molecule has 0 unspecified atom stereocenters. The van der Waals surface area contributed by atoms with Crippen molar-refractivity contribution >= 4 is 11.8 Å². The normalized spacial score (nSPS) is 24.2. The molecule has 1 N–H and O–H groups in total. The molecule has 1 aromatic carbocycles. The van der Waals surface area contributed by atoms with Crippen LogP contribution in [0.15, 0.2) is 42.2 Å². The van der Waals surface area contributed by atoms with Crippen molar-refractivity contribution < 1.29 is 19.8 Å². The predicted octanol–water partition coefficient (Wildman–Crippen LogP) is 0.551. The quantitative estimate of drug-likeness (QED) is 0.806. The number of carboxylic acids is 1. The lowest BCUT2D eigenvalue weighted by Gasteiger charge is -2.30. The fourth-order valence-corrected chi connectivity index (χ4v) is 2.15. The van der Waals surface area contributed by atoms with E-state index in [1.54, 1.807) is 30.3 Å². The highest BCUT2D eigenvalue weighted by Crippen LogP contribution is 2.35. The number of carboxylic acid groups (broad SMARTS) is 1. The van der Waals surface area contributed by atoms with E-state index in [1.165, 1.54) is 0 Å². The molecule has 0 fully saturated rings. The summed E-state index contributed by atoms with van der Waals surface area (Å²) in [5, 5.41) is 20.6. The van der Waals surface area contributed by atoms with Gasteiger partial charge in [0.25, 0.3) is 0 Å². The highest BCUT2D eigenvalue weighted by molar-refractivity contribution is 5.94. The zero-order valence-electron chi connectivity index (χ0n) is 9.00. The predicted molar refractivity (Wildman–Crippen MR) is 58.0 cm³/mol. The summed E-state index contributed by atoms with van der Waals surface area (Å²) in [6.45, 7) is 0. The van der Waals surface area contributed by atoms with E-state index in [1.807, 2.05) is 0 Å². The van der Waals surface area contributed by atoms with Crippen molar-refractivity contribution in [1.82, 2.24) is 0 Å². The number of rotatable bonds is 2. The fraction of sp³-hybridized carbons (Fsp3) is 0.231. The van der Waals surface area contributed by atoms with E-state index >= 15 is 0 Å². The van der Waals surface area contributed by atoms with Crippen molar-refractivity contribution in [2.75, 3.05) is 0 Å². The van der Waals surface area contributed by atoms with Gasteiger partial charge < -0.3 is 15.0 Å². The lowest BCUT2D eigenvalue weighted by Crippen LogP contribution is -2.39. The van der Waals surface area contributed by atoms with Gasteiger partial charge in [-0.05, 0) is 5.56 Å². The second kappa shape index (κ2) is 4.41. The largest absolute Gasteiger partial charge is 0.549 e. The molecular weight excluding hydrogens is 220 g/mol. The van der Waals surface area contributed by atoms with Gasteiger partial charge in [0.1, 0.15) is 5.76 Å². The van der Waals surface area contributed by atoms with Gasteiger partial charge in [-0.1, -0.05) is 30.3 Å². The van der Waals surface area contributed by atoms with Gasteiger partial charge in [0.05, 0.1) is 11.9 Å². The second-order valence-corrected chi connectivity index (χ2v) is 4.05. The molecule has 2 atom stereocenters. The van der Waals surface area contributed by atoms with Crippen LogP contribution in [0.4, 0.5) is 0 Å². The molecule has 88 valence electrons. The van der Waals surface area contributed by atoms with E-state index < -0.39 is 23.6 Å². The SMILES string of the molecule is O=C1C=C(O)[C@H](C(=O)[O-])[C@@H](c2ccccc2)C1. The number of carbonyl (C=O) groups excluding carboxylic acids is 2. The van der Waals surface area contributed by atoms with Crippen molar-refractivity contribution in [3.05, 3.63) is 47.7 Å². The molecule has 4 nitrogen and oxygen atoms in total. The first-order valence-electron chi connectivity index (χ1n) is 5.29. The molecule has 2 rings (SSSR count). The molecule has 0 heterocycles. The molecule has 0 saturated heterocycles. The topological polar surface area (TPSA) is 77.4 Å². The Hall–Kier alpha value is -2.10. The molecule has 0 radical (unpaired) electrons. The van der Waals surface area contributed by atoms with Gasteiger partial charge >= 0.3 is 0 Å². The van der Waals surface area contributed by atoms with E-state index in [9.17, 15) is 19.8 Å². The third-order valence-corrected chi connectivity index (χ3v) is 2.93. The zero-order valence-corrected chi connectivity index (χ0v) is 9.00. The van der Waals surface area contributed by atoms with Gasteiger partial charge in [-0.25, -0.2) is 0 Å². The smallest absolute Gasteiger partial charge is 0.159 e. The standard InChI is InChI=1S/C13H12O4/c14-9-6-10(8-4-2-1-3-5-8)12(13(16)17)11(15)7-9/h1-5,7,10,12,15H,6H2,(H,16,17)/p-1/t10-,12-/m1/s1. The monoisotopic (exact) mass is 231 g/mol. The zero-order chi connectivity index (χ0) is 12.4. The first-order valence-corrected chi connectivity index (χ1v) is 5.29. The van der Waals surface area contributed by atoms with E-state index in [4.69, 9.17) is 0 Å². The maximum atomic E-state index is 11.4. The van der Waals surface area contributed by atoms with Gasteiger partial charge in [-0.3, -0.25) is 4.79 Å². The number of hydrogen-bond donors (Lipinski definition) is 1. The minimum Gasteiger partial charge on any atom is -0.549 e. The average Bonchev–Trinajstić information content (AvgIpc) is 2.28. The number of allylic oxidation sites excluding steroid dienone is 1. The van der Waals surface area contributed by atoms with E-state index in [-0.39, 0.29) is 12.2 Å². The summed E-state index contributed by atoms with van der Waals surface area (Å²) >= 11 is 0. The second-order valence-electron chi connectivity index (χ2n) is 4.05. The van der Waals surface area contributed by atoms with Crippen molar-refractivity contribution in [2.24, 2.45) is 5.92 Å². The fourth-order valence-electron chi connectivity index (χ4n) is 2.15. The van der Waals surface area contributed by atoms with Crippen LogP contribution < -0.4 is 5.11 Å². The van der Waals surface area contributed by atoms with Crippen molar-refractivity contribution in [1.29, 1.82) is 0 Å². The Morgan fingerprint density at radius 3 is 2.53 bits per heavy atom. The highest BCUT2D eigenvalue weighted by atomic mass is 16.4. The Bertz CT molecular complexity index is 475. The van der Waals surface area contributed by atoms with Gasteiger partial charge in [0, 0.05) is 18.4 Å². The first kappa shape index (κ1) is 11.4. The highest BCUT2D eigenvalue weighted by Gasteiger charge is 2.33. The van der Waals surface area contributed by atoms with Gasteiger partial charge in [0.15, 0.2) is 5.78 Å². The molecule has 0 aromatic heterocycles. The number of carbonyl (C=O) groups is 2. The Labute approximate surface area is 98.2 Å². The Kier molecular flexibility index (Phi) is 2.95. The molecule has 17 heavy (non-hydrogen) atoms. The Morgan fingerprint density at radius 1 is 1.29 bits per heavy atom. The third-order valence-electron chi connectivity index (χ3n) is 2.93. The molecule has 0 aliphatic heterocycles. The van der Waals surface area contributed by atoms with Crippen LogP contribution in [0, 0.1) is 5.92 Å². The Morgan fingerprint density at radius 2 is 1.94 bits per heavy atom. The van der Waals surface area contributed by atoms with E-state index in [2.05, 4.69) is 0 Å². The number of ketones is 1. The van der Waals surface area contributed by atoms with Crippen molar-refractivity contribution in [3.8, 4) is 0 Å². The molecule has 1 aliphatic rings. The number of hydrogen-bond acceptors (Lipinski definition) is 4. The maximum absolute atomic E-state index is 11.4. The number of aliphatic hydroxyl groups is 1. The van der Waals surface area contributed by atoms with E-state index in [0.717, 1.165) is 11.6 Å². The van der Waals surface area contributed by atoms with Crippen LogP contribution >= 0.6 is 0 Å². The number of aliphatic carboxylic acids is 1. The van der Waals surface area contributed by atoms with Crippen LogP contribution in [0.1, 0.15) is 17.9 Å². The summed E-state index contributed by atoms with van der Waals surface area (Å²) in [5.41, 5.74) is 0.717. The van der Waals surface area contributed by atoms with E-state index in [0.29, 0.717) is 0 Å². The summed E-state index contributed by atoms with van der Waals surface area (Å²) < 4.78 is 0. The molecule has 0 spiro atoms. The van der Waals surface area contributed by atoms with Crippen LogP contribution in [0.5, 0.6) is 0 Å². The van der Waals surface area contributed by atoms with Crippen LogP contribution in [0.2, 0.25) is 0 Å². The molecule has 0 bridgehead atoms. The van der Waals surface area contributed by atoms with Gasteiger partial charge in [-0.15, -0.1) is 0 Å². The summed E-state index contributed by atoms with van der Waals surface area (Å²) in [6.07, 6.45) is 1.05. The first-order chi connectivity index (χ1) is 8.09. The molecule has 1 aromatic rings. The molecule has 0 saturated carbocycles. The van der Waals surface area contributed by atoms with Crippen LogP contribution in [-0.2, 0) is 9.59 Å². The van der Waals surface area contributed by atoms with Crippen LogP contribution in [-0.4, -0.2) is 16.9 Å². The summed E-state index contributed by atoms with van der Waals surface area (Å²) in [7, 11) is 0. The molecule has 1 aliphatic carbocycles. The number of benzene rings is 1. The lowest BCUT2D eigenvalue weighted by molar-refractivity contribution is -0.311. The van der Waals surface area contributed by atoms with Crippen LogP contribution in [0.25, 0.3) is 0 Å². The van der Waals surface area contributed by atoms with Crippen molar-refractivity contribution in [2.45, 2.75) is 12.3 Å². The summed E-state index contributed by atoms with van der Waals surface area (Å²) in [6, 6.07) is 8.82.